The van der Waals surface area contributed by atoms with Gasteiger partial charge in [0.15, 0.2) is 0 Å². The third-order valence-corrected chi connectivity index (χ3v) is 6.44. The van der Waals surface area contributed by atoms with Crippen molar-refractivity contribution in [3.63, 3.8) is 0 Å². The molecule has 0 saturated heterocycles. The van der Waals surface area contributed by atoms with Gasteiger partial charge >= 0.3 is 12.2 Å². The monoisotopic (exact) mass is 466 g/mol. The van der Waals surface area contributed by atoms with E-state index in [9.17, 15) is 9.59 Å². The van der Waals surface area contributed by atoms with Gasteiger partial charge in [-0.2, -0.15) is 0 Å². The maximum atomic E-state index is 10.8. The van der Waals surface area contributed by atoms with Crippen molar-refractivity contribution in [2.45, 2.75) is 39.9 Å². The summed E-state index contributed by atoms with van der Waals surface area (Å²) in [5, 5.41) is 4.19. The summed E-state index contributed by atoms with van der Waals surface area (Å²) >= 11 is 0. The fourth-order valence-corrected chi connectivity index (χ4v) is 5.07. The number of hydrogen-bond donors (Lipinski definition) is 2. The highest BCUT2D eigenvalue weighted by atomic mass is 31.1. The van der Waals surface area contributed by atoms with Crippen LogP contribution in [0.2, 0.25) is 0 Å². The molecule has 7 heteroatoms. The summed E-state index contributed by atoms with van der Waals surface area (Å²) in [5.74, 6) is 0. The van der Waals surface area contributed by atoms with Crippen LogP contribution in [-0.2, 0) is 9.47 Å². The summed E-state index contributed by atoms with van der Waals surface area (Å²) in [6, 6.07) is 32.3. The molecule has 0 aliphatic heterocycles. The van der Waals surface area contributed by atoms with Crippen LogP contribution in [0.5, 0.6) is 0 Å². The second kappa shape index (κ2) is 13.9. The van der Waals surface area contributed by atoms with Gasteiger partial charge in [0, 0.05) is 0 Å². The number of hydrogen-bond acceptors (Lipinski definition) is 4. The highest BCUT2D eigenvalue weighted by Crippen LogP contribution is 2.32. The Labute approximate surface area is 197 Å². The van der Waals surface area contributed by atoms with Crippen LogP contribution in [0.15, 0.2) is 91.0 Å². The maximum absolute atomic E-state index is 10.8. The molecule has 3 rings (SSSR count). The largest absolute Gasteiger partial charge is 0.446 e. The van der Waals surface area contributed by atoms with E-state index < -0.39 is 20.1 Å². The van der Waals surface area contributed by atoms with Crippen LogP contribution in [0.25, 0.3) is 0 Å². The third kappa shape index (κ3) is 9.75. The molecule has 3 aromatic carbocycles. The quantitative estimate of drug-likeness (QED) is 0.425. The lowest BCUT2D eigenvalue weighted by Crippen LogP contribution is -2.43. The number of ether oxygens (including phenoxy) is 2. The predicted molar refractivity (Wildman–Crippen MR) is 135 cm³/mol. The number of amides is 2. The molecule has 0 aromatic heterocycles. The minimum Gasteiger partial charge on any atom is -0.446 e. The molecule has 0 atom stereocenters. The lowest BCUT2D eigenvalue weighted by Gasteiger charge is -2.18. The Morgan fingerprint density at radius 1 is 0.576 bits per heavy atom. The average Bonchev–Trinajstić information content (AvgIpc) is 2.80. The minimum atomic E-state index is -0.722. The first kappa shape index (κ1) is 25.9. The molecule has 3 aromatic rings. The molecule has 0 aliphatic rings. The maximum Gasteiger partial charge on any atom is 0.426 e. The fourth-order valence-electron chi connectivity index (χ4n) is 2.77. The van der Waals surface area contributed by atoms with Crippen LogP contribution >= 0.6 is 7.92 Å². The van der Waals surface area contributed by atoms with E-state index in [1.165, 1.54) is 15.9 Å². The van der Waals surface area contributed by atoms with Gasteiger partial charge in [-0.1, -0.05) is 91.0 Å². The van der Waals surface area contributed by atoms with Crippen LogP contribution in [0.3, 0.4) is 0 Å². The zero-order valence-corrected chi connectivity index (χ0v) is 20.3. The number of rotatable bonds is 5. The summed E-state index contributed by atoms with van der Waals surface area (Å²) < 4.78 is 9.37. The smallest absolute Gasteiger partial charge is 0.426 e. The predicted octanol–water partition coefficient (Wildman–Crippen LogP) is 4.62. The van der Waals surface area contributed by atoms with Gasteiger partial charge in [-0.15, -0.1) is 0 Å². The van der Waals surface area contributed by atoms with E-state index in [-0.39, 0.29) is 12.2 Å². The Morgan fingerprint density at radius 2 is 0.848 bits per heavy atom. The summed E-state index contributed by atoms with van der Waals surface area (Å²) in [5.41, 5.74) is 4.07. The molecule has 0 unspecified atom stereocenters. The number of carbonyl (C=O) groups excluding carboxylic acids is 2. The van der Waals surface area contributed by atoms with Gasteiger partial charge in [-0.3, -0.25) is 0 Å². The Kier molecular flexibility index (Phi) is 10.9. The summed E-state index contributed by atoms with van der Waals surface area (Å²) in [6.07, 6.45) is -1.92. The summed E-state index contributed by atoms with van der Waals surface area (Å²) in [7, 11) is -0.446. The molecule has 0 aliphatic carbocycles. The van der Waals surface area contributed by atoms with Crippen molar-refractivity contribution in [3.8, 4) is 0 Å². The van der Waals surface area contributed by atoms with Gasteiger partial charge in [0.25, 0.3) is 0 Å². The molecule has 0 saturated carbocycles. The van der Waals surface area contributed by atoms with Crippen LogP contribution in [0.1, 0.15) is 27.7 Å². The molecule has 174 valence electrons. The summed E-state index contributed by atoms with van der Waals surface area (Å²) in [4.78, 5) is 21.7. The fraction of sp³-hybridized carbons (Fsp3) is 0.231. The lowest BCUT2D eigenvalue weighted by molar-refractivity contribution is 0.0948. The first-order valence-electron chi connectivity index (χ1n) is 10.8. The van der Waals surface area contributed by atoms with Crippen molar-refractivity contribution in [3.05, 3.63) is 91.0 Å². The van der Waals surface area contributed by atoms with Crippen molar-refractivity contribution in [1.29, 1.82) is 0 Å². The third-order valence-electron chi connectivity index (χ3n) is 4.00. The van der Waals surface area contributed by atoms with E-state index in [0.717, 1.165) is 0 Å². The summed E-state index contributed by atoms with van der Waals surface area (Å²) in [6.45, 7) is 6.80. The number of benzene rings is 3. The lowest BCUT2D eigenvalue weighted by atomic mass is 10.4. The second-order valence-corrected chi connectivity index (χ2v) is 9.72. The van der Waals surface area contributed by atoms with Crippen molar-refractivity contribution >= 4 is 36.0 Å². The molecular formula is C26H31N2O4P. The van der Waals surface area contributed by atoms with Crippen molar-refractivity contribution < 1.29 is 19.1 Å². The average molecular weight is 467 g/mol. The Balaban J connectivity index is 0.000000248. The SMILES string of the molecule is CC(C)OC(=O)NNC(=O)OC(C)C.c1ccc(P(c2ccccc2)c2ccccc2)cc1. The Bertz CT molecular complexity index is 851. The van der Waals surface area contributed by atoms with E-state index in [0.29, 0.717) is 0 Å². The van der Waals surface area contributed by atoms with Crippen LogP contribution in [0, 0.1) is 0 Å². The van der Waals surface area contributed by atoms with Gasteiger partial charge in [0.2, 0.25) is 0 Å². The Morgan fingerprint density at radius 3 is 1.09 bits per heavy atom. The molecule has 2 amide bonds. The van der Waals surface area contributed by atoms with E-state index >= 15 is 0 Å². The van der Waals surface area contributed by atoms with Crippen LogP contribution < -0.4 is 26.8 Å². The molecule has 2 N–H and O–H groups in total. The highest BCUT2D eigenvalue weighted by molar-refractivity contribution is 7.79. The number of carbonyl (C=O) groups is 2. The van der Waals surface area contributed by atoms with Crippen molar-refractivity contribution in [2.24, 2.45) is 0 Å². The first-order chi connectivity index (χ1) is 15.9. The van der Waals surface area contributed by atoms with Gasteiger partial charge in [-0.25, -0.2) is 20.4 Å². The van der Waals surface area contributed by atoms with Crippen molar-refractivity contribution in [2.75, 3.05) is 0 Å². The van der Waals surface area contributed by atoms with Crippen LogP contribution in [0.4, 0.5) is 9.59 Å². The topological polar surface area (TPSA) is 76.7 Å². The van der Waals surface area contributed by atoms with Gasteiger partial charge in [-0.05, 0) is 51.5 Å². The molecule has 33 heavy (non-hydrogen) atoms. The zero-order valence-electron chi connectivity index (χ0n) is 19.4. The van der Waals surface area contributed by atoms with Gasteiger partial charge in [0.05, 0.1) is 12.2 Å². The van der Waals surface area contributed by atoms with E-state index in [2.05, 4.69) is 100 Å². The van der Waals surface area contributed by atoms with E-state index in [4.69, 9.17) is 0 Å². The minimum absolute atomic E-state index is 0.238. The standard InChI is InChI=1S/C18H15P.C8H16N2O4/c1-4-10-16(11-5-1)19(17-12-6-2-7-13-17)18-14-8-3-9-15-18;1-5(2)13-7(11)9-10-8(12)14-6(3)4/h1-15H;5-6H,1-4H3,(H,9,11)(H,10,12). The van der Waals surface area contributed by atoms with E-state index in [1.54, 1.807) is 27.7 Å². The highest BCUT2D eigenvalue weighted by Gasteiger charge is 2.15. The molecule has 0 radical (unpaired) electrons. The molecular weight excluding hydrogens is 435 g/mol. The first-order valence-corrected chi connectivity index (χ1v) is 12.1. The van der Waals surface area contributed by atoms with Gasteiger partial charge < -0.3 is 9.47 Å². The normalized spacial score (nSPS) is 10.3. The van der Waals surface area contributed by atoms with Crippen molar-refractivity contribution in [1.82, 2.24) is 10.9 Å². The molecule has 0 spiro atoms. The Hall–Kier alpha value is -3.37. The molecule has 0 bridgehead atoms. The second-order valence-electron chi connectivity index (χ2n) is 7.50. The number of nitrogens with one attached hydrogen (secondary N) is 2. The molecule has 0 heterocycles. The zero-order chi connectivity index (χ0) is 24.1. The number of hydrazine groups is 1. The molecule has 6 nitrogen and oxygen atoms in total. The van der Waals surface area contributed by atoms with Gasteiger partial charge in [0.1, 0.15) is 0 Å². The van der Waals surface area contributed by atoms with E-state index in [1.807, 2.05) is 10.9 Å². The molecule has 0 fully saturated rings. The van der Waals surface area contributed by atoms with Crippen LogP contribution in [-0.4, -0.2) is 24.4 Å².